The van der Waals surface area contributed by atoms with E-state index in [1.807, 2.05) is 36.4 Å². The molecule has 2 aromatic carbocycles. The highest BCUT2D eigenvalue weighted by Crippen LogP contribution is 2.22. The molecule has 0 atom stereocenters. The van der Waals surface area contributed by atoms with Crippen LogP contribution in [0.5, 0.6) is 0 Å². The lowest BCUT2D eigenvalue weighted by molar-refractivity contribution is -0.119. The van der Waals surface area contributed by atoms with E-state index in [2.05, 4.69) is 25.9 Å². The molecule has 0 bridgehead atoms. The van der Waals surface area contributed by atoms with Crippen LogP contribution in [0.3, 0.4) is 0 Å². The first-order valence-corrected chi connectivity index (χ1v) is 10.7. The van der Waals surface area contributed by atoms with E-state index in [-0.39, 0.29) is 23.9 Å². The summed E-state index contributed by atoms with van der Waals surface area (Å²) in [5.74, 6) is 0.463. The Labute approximate surface area is 181 Å². The molecule has 1 aliphatic rings. The monoisotopic (exact) mass is 417 g/mol. The van der Waals surface area contributed by atoms with Crippen molar-refractivity contribution in [2.24, 2.45) is 0 Å². The average molecular weight is 418 g/mol. The molecule has 7 nitrogen and oxygen atoms in total. The lowest BCUT2D eigenvalue weighted by Gasteiger charge is -2.29. The van der Waals surface area contributed by atoms with Crippen LogP contribution >= 0.6 is 0 Å². The molecule has 2 amide bonds. The first-order chi connectivity index (χ1) is 15.1. The van der Waals surface area contributed by atoms with Gasteiger partial charge < -0.3 is 16.0 Å². The molecule has 160 valence electrons. The maximum absolute atomic E-state index is 12.6. The number of rotatable bonds is 6. The normalized spacial score (nSPS) is 18.4. The van der Waals surface area contributed by atoms with Crippen LogP contribution in [-0.4, -0.2) is 33.9 Å². The number of hydrogen-bond donors (Lipinski definition) is 3. The quantitative estimate of drug-likeness (QED) is 0.571. The van der Waals surface area contributed by atoms with Gasteiger partial charge in [0.25, 0.3) is 5.91 Å². The standard InChI is InChI=1S/C24H27N5O2/c1-16(30)27-20-9-11-21(12-10-20)28-24-26-15-19-8-7-18(13-22(19)29-24)23(31)25-14-17-5-3-2-4-6-17/h2-8,13,15,20-21H,9-12,14H2,1H3,(H,25,31)(H,27,30)(H,26,28,29)/t20-,21-. The van der Waals surface area contributed by atoms with Gasteiger partial charge in [0.15, 0.2) is 0 Å². The highest BCUT2D eigenvalue weighted by atomic mass is 16.2. The van der Waals surface area contributed by atoms with E-state index in [1.165, 1.54) is 0 Å². The summed E-state index contributed by atoms with van der Waals surface area (Å²) in [4.78, 5) is 32.8. The molecule has 1 heterocycles. The predicted octanol–water partition coefficient (Wildman–Crippen LogP) is 3.42. The minimum absolute atomic E-state index is 0.0258. The van der Waals surface area contributed by atoms with Crippen LogP contribution in [0.15, 0.2) is 54.7 Å². The predicted molar refractivity (Wildman–Crippen MR) is 121 cm³/mol. The number of benzene rings is 2. The molecule has 4 rings (SSSR count). The molecule has 0 unspecified atom stereocenters. The molecule has 1 saturated carbocycles. The zero-order valence-corrected chi connectivity index (χ0v) is 17.6. The zero-order valence-electron chi connectivity index (χ0n) is 17.6. The number of fused-ring (bicyclic) bond motifs is 1. The van der Waals surface area contributed by atoms with Gasteiger partial charge in [0.2, 0.25) is 11.9 Å². The average Bonchev–Trinajstić information content (AvgIpc) is 2.78. The summed E-state index contributed by atoms with van der Waals surface area (Å²) in [6.07, 6.45) is 5.56. The van der Waals surface area contributed by atoms with E-state index in [1.54, 1.807) is 25.3 Å². The molecule has 0 radical (unpaired) electrons. The molecule has 31 heavy (non-hydrogen) atoms. The molecule has 7 heteroatoms. The van der Waals surface area contributed by atoms with Gasteiger partial charge in [0, 0.05) is 42.7 Å². The molecule has 1 aromatic heterocycles. The van der Waals surface area contributed by atoms with Gasteiger partial charge in [-0.1, -0.05) is 36.4 Å². The first kappa shape index (κ1) is 20.8. The van der Waals surface area contributed by atoms with E-state index in [4.69, 9.17) is 0 Å². The van der Waals surface area contributed by atoms with Gasteiger partial charge in [-0.25, -0.2) is 9.97 Å². The number of carbonyl (C=O) groups is 2. The topological polar surface area (TPSA) is 96.0 Å². The van der Waals surface area contributed by atoms with Gasteiger partial charge in [-0.15, -0.1) is 0 Å². The smallest absolute Gasteiger partial charge is 0.251 e. The molecule has 0 aliphatic heterocycles. The zero-order chi connectivity index (χ0) is 21.6. The number of nitrogens with zero attached hydrogens (tertiary/aromatic N) is 2. The van der Waals surface area contributed by atoms with Crippen LogP contribution < -0.4 is 16.0 Å². The van der Waals surface area contributed by atoms with Gasteiger partial charge in [0.1, 0.15) is 0 Å². The van der Waals surface area contributed by atoms with Crippen LogP contribution in [0.4, 0.5) is 5.95 Å². The second kappa shape index (κ2) is 9.55. The Kier molecular flexibility index (Phi) is 6.40. The highest BCUT2D eigenvalue weighted by Gasteiger charge is 2.22. The van der Waals surface area contributed by atoms with Crippen LogP contribution in [0, 0.1) is 0 Å². The Morgan fingerprint density at radius 2 is 1.74 bits per heavy atom. The summed E-state index contributed by atoms with van der Waals surface area (Å²) in [5.41, 5.74) is 2.36. The largest absolute Gasteiger partial charge is 0.354 e. The molecular weight excluding hydrogens is 390 g/mol. The summed E-state index contributed by atoms with van der Waals surface area (Å²) in [5, 5.41) is 10.2. The van der Waals surface area contributed by atoms with Gasteiger partial charge in [-0.05, 0) is 43.4 Å². The molecule has 1 fully saturated rings. The minimum Gasteiger partial charge on any atom is -0.354 e. The van der Waals surface area contributed by atoms with Crippen molar-refractivity contribution < 1.29 is 9.59 Å². The lowest BCUT2D eigenvalue weighted by Crippen LogP contribution is -2.39. The maximum atomic E-state index is 12.6. The van der Waals surface area contributed by atoms with Crippen LogP contribution in [0.25, 0.3) is 10.9 Å². The van der Waals surface area contributed by atoms with Crippen LogP contribution in [0.1, 0.15) is 48.5 Å². The fraction of sp³-hybridized carbons (Fsp3) is 0.333. The second-order valence-electron chi connectivity index (χ2n) is 8.03. The van der Waals surface area contributed by atoms with Crippen molar-refractivity contribution >= 4 is 28.7 Å². The first-order valence-electron chi connectivity index (χ1n) is 10.7. The van der Waals surface area contributed by atoms with Crippen LogP contribution in [-0.2, 0) is 11.3 Å². The maximum Gasteiger partial charge on any atom is 0.251 e. The third kappa shape index (κ3) is 5.57. The van der Waals surface area contributed by atoms with Crippen molar-refractivity contribution in [3.8, 4) is 0 Å². The van der Waals surface area contributed by atoms with E-state index in [9.17, 15) is 9.59 Å². The number of anilines is 1. The summed E-state index contributed by atoms with van der Waals surface area (Å²) < 4.78 is 0. The van der Waals surface area contributed by atoms with E-state index >= 15 is 0 Å². The number of amides is 2. The van der Waals surface area contributed by atoms with E-state index in [0.29, 0.717) is 18.1 Å². The lowest BCUT2D eigenvalue weighted by atomic mass is 9.91. The Balaban J connectivity index is 1.39. The van der Waals surface area contributed by atoms with Gasteiger partial charge in [-0.2, -0.15) is 0 Å². The third-order valence-electron chi connectivity index (χ3n) is 5.61. The number of aromatic nitrogens is 2. The Morgan fingerprint density at radius 1 is 1.00 bits per heavy atom. The Bertz CT molecular complexity index is 1060. The van der Waals surface area contributed by atoms with Crippen molar-refractivity contribution in [1.82, 2.24) is 20.6 Å². The van der Waals surface area contributed by atoms with Crippen molar-refractivity contribution in [3.63, 3.8) is 0 Å². The number of hydrogen-bond acceptors (Lipinski definition) is 5. The van der Waals surface area contributed by atoms with Crippen molar-refractivity contribution in [2.45, 2.75) is 51.2 Å². The van der Waals surface area contributed by atoms with Gasteiger partial charge in [-0.3, -0.25) is 9.59 Å². The fourth-order valence-electron chi connectivity index (χ4n) is 3.97. The molecule has 3 N–H and O–H groups in total. The Hall–Kier alpha value is -3.48. The van der Waals surface area contributed by atoms with Gasteiger partial charge in [0.05, 0.1) is 5.52 Å². The van der Waals surface area contributed by atoms with Gasteiger partial charge >= 0.3 is 0 Å². The van der Waals surface area contributed by atoms with E-state index in [0.717, 1.165) is 42.1 Å². The number of nitrogens with one attached hydrogen (secondary N) is 3. The van der Waals surface area contributed by atoms with E-state index < -0.39 is 0 Å². The molecule has 0 saturated heterocycles. The van der Waals surface area contributed by atoms with Crippen molar-refractivity contribution in [2.75, 3.05) is 5.32 Å². The highest BCUT2D eigenvalue weighted by molar-refractivity contribution is 5.97. The summed E-state index contributed by atoms with van der Waals surface area (Å²) in [6, 6.07) is 15.8. The second-order valence-corrected chi connectivity index (χ2v) is 8.03. The molecule has 3 aromatic rings. The Morgan fingerprint density at radius 3 is 2.48 bits per heavy atom. The molecule has 0 spiro atoms. The molecule has 1 aliphatic carbocycles. The third-order valence-corrected chi connectivity index (χ3v) is 5.61. The summed E-state index contributed by atoms with van der Waals surface area (Å²) >= 11 is 0. The molecular formula is C24H27N5O2. The van der Waals surface area contributed by atoms with Crippen molar-refractivity contribution in [3.05, 3.63) is 65.9 Å². The minimum atomic E-state index is -0.129. The number of carbonyl (C=O) groups excluding carboxylic acids is 2. The van der Waals surface area contributed by atoms with Crippen molar-refractivity contribution in [1.29, 1.82) is 0 Å². The fourth-order valence-corrected chi connectivity index (χ4v) is 3.97. The summed E-state index contributed by atoms with van der Waals surface area (Å²) in [6.45, 7) is 2.04. The summed E-state index contributed by atoms with van der Waals surface area (Å²) in [7, 11) is 0. The SMILES string of the molecule is CC(=O)N[C@H]1CC[C@H](Nc2ncc3ccc(C(=O)NCc4ccccc4)cc3n2)CC1. The van der Waals surface area contributed by atoms with Crippen LogP contribution in [0.2, 0.25) is 0 Å².